The lowest BCUT2D eigenvalue weighted by Crippen LogP contribution is -2.45. The first-order valence-corrected chi connectivity index (χ1v) is 42.4. The highest BCUT2D eigenvalue weighted by Crippen LogP contribution is 2.20. The largest absolute Gasteiger partial charge is 0.466 e. The number of carbonyl (C=O) groups excluding carboxylic acids is 2. The number of carbonyl (C=O) groups is 2. The summed E-state index contributed by atoms with van der Waals surface area (Å²) in [6.07, 6.45) is 109. The lowest BCUT2D eigenvalue weighted by molar-refractivity contribution is -0.143. The van der Waals surface area contributed by atoms with E-state index >= 15 is 0 Å². The Hall–Kier alpha value is -2.18. The summed E-state index contributed by atoms with van der Waals surface area (Å²) in [7, 11) is 0. The normalized spacial score (nSPS) is 12.7. The molecule has 1 amide bonds. The smallest absolute Gasteiger partial charge is 0.305 e. The Bertz CT molecular complexity index is 1550. The van der Waals surface area contributed by atoms with Crippen LogP contribution in [0.4, 0.5) is 0 Å². The number of allylic oxidation sites excluding steroid dienone is 8. The molecule has 2 atom stereocenters. The van der Waals surface area contributed by atoms with E-state index in [1.807, 2.05) is 0 Å². The average Bonchev–Trinajstić information content (AvgIpc) is 3.68. The molecule has 0 aromatic heterocycles. The number of unbranched alkanes of at least 4 members (excludes halogenated alkanes) is 61. The average molecular weight is 1310 g/mol. The van der Waals surface area contributed by atoms with E-state index in [0.717, 1.165) is 57.8 Å². The van der Waals surface area contributed by atoms with Crippen molar-refractivity contribution in [2.45, 2.75) is 482 Å². The number of nitrogens with one attached hydrogen (secondary N) is 1. The van der Waals surface area contributed by atoms with Crippen molar-refractivity contribution in [3.63, 3.8) is 0 Å². The Kier molecular flexibility index (Phi) is 80.3. The third kappa shape index (κ3) is 78.7. The molecule has 93 heavy (non-hydrogen) atoms. The van der Waals surface area contributed by atoms with Crippen molar-refractivity contribution < 1.29 is 24.5 Å². The summed E-state index contributed by atoms with van der Waals surface area (Å²) >= 11 is 0. The molecular weight excluding hydrogens is 1140 g/mol. The molecule has 3 N–H and O–H groups in total. The summed E-state index contributed by atoms with van der Waals surface area (Å²) in [5.41, 5.74) is 0. The van der Waals surface area contributed by atoms with Crippen molar-refractivity contribution in [3.8, 4) is 0 Å². The van der Waals surface area contributed by atoms with E-state index in [-0.39, 0.29) is 18.5 Å². The minimum absolute atomic E-state index is 0.0172. The fourth-order valence-electron chi connectivity index (χ4n) is 13.4. The molecule has 0 aliphatic heterocycles. The third-order valence-electron chi connectivity index (χ3n) is 19.9. The molecule has 6 nitrogen and oxygen atoms in total. The summed E-state index contributed by atoms with van der Waals surface area (Å²) in [4.78, 5) is 24.7. The maximum atomic E-state index is 12.6. The number of aliphatic hydroxyl groups is 2. The van der Waals surface area contributed by atoms with Crippen LogP contribution in [-0.4, -0.2) is 47.4 Å². The standard InChI is InChI=1S/C87H165NO5/c1-3-5-7-9-11-13-15-17-19-21-44-49-53-57-61-65-69-73-77-81-87(92)93-82-78-74-70-66-62-58-54-50-46-43-41-39-37-35-33-31-29-27-25-23-24-26-28-30-32-34-36-38-40-42-45-48-52-56-60-64-68-72-76-80-86(91)88-84(83-89)85(90)79-75-71-67-63-59-55-51-47-22-20-18-16-14-12-10-8-6-4-2/h11,13,17,19,23-24,27,29,84-85,89-90H,3-10,12,14-16,18,20-22,25-26,28,30-83H2,1-2H3,(H,88,91)/b13-11-,19-17-,24-23-,29-27-. The van der Waals surface area contributed by atoms with E-state index in [4.69, 9.17) is 4.74 Å². The van der Waals surface area contributed by atoms with Crippen LogP contribution < -0.4 is 5.32 Å². The fourth-order valence-corrected chi connectivity index (χ4v) is 13.4. The van der Waals surface area contributed by atoms with Crippen LogP contribution in [0.2, 0.25) is 0 Å². The zero-order valence-electron chi connectivity index (χ0n) is 63.0. The molecule has 2 unspecified atom stereocenters. The zero-order valence-corrected chi connectivity index (χ0v) is 63.0. The first kappa shape index (κ1) is 90.8. The number of esters is 1. The number of amides is 1. The van der Waals surface area contributed by atoms with Crippen LogP contribution in [0.15, 0.2) is 48.6 Å². The molecule has 0 aromatic rings. The van der Waals surface area contributed by atoms with Crippen LogP contribution in [0.1, 0.15) is 470 Å². The van der Waals surface area contributed by atoms with E-state index in [1.165, 1.54) is 379 Å². The van der Waals surface area contributed by atoms with Crippen LogP contribution in [0.5, 0.6) is 0 Å². The van der Waals surface area contributed by atoms with Gasteiger partial charge in [-0.3, -0.25) is 9.59 Å². The van der Waals surface area contributed by atoms with E-state index < -0.39 is 12.1 Å². The number of ether oxygens (including phenoxy) is 1. The van der Waals surface area contributed by atoms with Gasteiger partial charge in [0, 0.05) is 12.8 Å². The molecule has 0 aliphatic rings. The summed E-state index contributed by atoms with van der Waals surface area (Å²) in [6, 6.07) is -0.540. The minimum Gasteiger partial charge on any atom is -0.466 e. The number of aliphatic hydroxyl groups excluding tert-OH is 2. The summed E-state index contributed by atoms with van der Waals surface area (Å²) < 4.78 is 5.52. The van der Waals surface area contributed by atoms with Gasteiger partial charge in [0.05, 0.1) is 25.4 Å². The molecular formula is C87H165NO5. The van der Waals surface area contributed by atoms with Crippen molar-refractivity contribution in [1.82, 2.24) is 5.32 Å². The minimum atomic E-state index is -0.663. The zero-order chi connectivity index (χ0) is 67.0. The Morgan fingerprint density at radius 1 is 0.301 bits per heavy atom. The van der Waals surface area contributed by atoms with Gasteiger partial charge in [0.15, 0.2) is 0 Å². The lowest BCUT2D eigenvalue weighted by atomic mass is 10.0. The number of rotatable bonds is 80. The SMILES string of the molecule is CCCCC/C=C\C/C=C\CCCCCCCCCCCC(=O)OCCCCCCCCCCCCCCCCC/C=C\C/C=C\CCCCCCCCCCCCCCCCCCCC(=O)NC(CO)C(O)CCCCCCCCCCCCCCCCCCCC. The predicted molar refractivity (Wildman–Crippen MR) is 412 cm³/mol. The van der Waals surface area contributed by atoms with Gasteiger partial charge >= 0.3 is 5.97 Å². The highest BCUT2D eigenvalue weighted by atomic mass is 16.5. The van der Waals surface area contributed by atoms with Crippen molar-refractivity contribution in [3.05, 3.63) is 48.6 Å². The second-order valence-electron chi connectivity index (χ2n) is 29.2. The fraction of sp³-hybridized carbons (Fsp3) is 0.885. The Morgan fingerprint density at radius 2 is 0.538 bits per heavy atom. The Labute approximate surface area is 582 Å². The van der Waals surface area contributed by atoms with Crippen LogP contribution in [0.3, 0.4) is 0 Å². The van der Waals surface area contributed by atoms with Crippen molar-refractivity contribution >= 4 is 11.9 Å². The van der Waals surface area contributed by atoms with Gasteiger partial charge in [0.2, 0.25) is 5.91 Å². The van der Waals surface area contributed by atoms with Crippen LogP contribution in [0, 0.1) is 0 Å². The molecule has 548 valence electrons. The predicted octanol–water partition coefficient (Wildman–Crippen LogP) is 28.3. The van der Waals surface area contributed by atoms with Gasteiger partial charge in [-0.2, -0.15) is 0 Å². The second-order valence-corrected chi connectivity index (χ2v) is 29.2. The first-order chi connectivity index (χ1) is 46.0. The van der Waals surface area contributed by atoms with Gasteiger partial charge < -0.3 is 20.3 Å². The van der Waals surface area contributed by atoms with E-state index in [9.17, 15) is 19.8 Å². The molecule has 0 saturated heterocycles. The van der Waals surface area contributed by atoms with Gasteiger partial charge in [0.25, 0.3) is 0 Å². The molecule has 0 saturated carbocycles. The maximum Gasteiger partial charge on any atom is 0.305 e. The molecule has 0 spiro atoms. The van der Waals surface area contributed by atoms with Crippen molar-refractivity contribution in [1.29, 1.82) is 0 Å². The molecule has 6 heteroatoms. The van der Waals surface area contributed by atoms with Crippen LogP contribution in [-0.2, 0) is 14.3 Å². The van der Waals surface area contributed by atoms with Gasteiger partial charge in [-0.1, -0.05) is 416 Å². The third-order valence-corrected chi connectivity index (χ3v) is 19.9. The molecule has 0 radical (unpaired) electrons. The summed E-state index contributed by atoms with van der Waals surface area (Å²) in [6.45, 7) is 4.98. The molecule has 0 aliphatic carbocycles. The van der Waals surface area contributed by atoms with E-state index in [2.05, 4.69) is 67.8 Å². The number of hydrogen-bond donors (Lipinski definition) is 3. The Balaban J connectivity index is 3.35. The van der Waals surface area contributed by atoms with Crippen LogP contribution in [0.25, 0.3) is 0 Å². The van der Waals surface area contributed by atoms with Crippen molar-refractivity contribution in [2.75, 3.05) is 13.2 Å². The highest BCUT2D eigenvalue weighted by Gasteiger charge is 2.20. The topological polar surface area (TPSA) is 95.9 Å². The van der Waals surface area contributed by atoms with Gasteiger partial charge in [-0.15, -0.1) is 0 Å². The van der Waals surface area contributed by atoms with Crippen molar-refractivity contribution in [2.24, 2.45) is 0 Å². The van der Waals surface area contributed by atoms with E-state index in [0.29, 0.717) is 25.9 Å². The molecule has 0 rings (SSSR count). The summed E-state index contributed by atoms with van der Waals surface area (Å²) in [5, 5.41) is 23.4. The number of hydrogen-bond acceptors (Lipinski definition) is 5. The maximum absolute atomic E-state index is 12.6. The molecule has 0 aromatic carbocycles. The summed E-state index contributed by atoms with van der Waals surface area (Å²) in [5.74, 6) is -0.0104. The first-order valence-electron chi connectivity index (χ1n) is 42.4. The molecule has 0 fully saturated rings. The lowest BCUT2D eigenvalue weighted by Gasteiger charge is -2.22. The van der Waals surface area contributed by atoms with E-state index in [1.54, 1.807) is 0 Å². The van der Waals surface area contributed by atoms with Crippen LogP contribution >= 0.6 is 0 Å². The molecule has 0 bridgehead atoms. The molecule has 0 heterocycles. The highest BCUT2D eigenvalue weighted by molar-refractivity contribution is 5.76. The Morgan fingerprint density at radius 3 is 0.839 bits per heavy atom. The quantitative estimate of drug-likeness (QED) is 0.0320. The van der Waals surface area contributed by atoms with Gasteiger partial charge in [-0.25, -0.2) is 0 Å². The monoisotopic (exact) mass is 1300 g/mol. The van der Waals surface area contributed by atoms with Gasteiger partial charge in [-0.05, 0) is 89.9 Å². The second kappa shape index (κ2) is 82.2. The van der Waals surface area contributed by atoms with Gasteiger partial charge in [0.1, 0.15) is 0 Å².